The molecule has 0 aliphatic carbocycles. The van der Waals surface area contributed by atoms with Crippen LogP contribution in [0.5, 0.6) is 11.5 Å². The van der Waals surface area contributed by atoms with E-state index in [1.165, 1.54) is 23.2 Å². The molecule has 34 heavy (non-hydrogen) atoms. The van der Waals surface area contributed by atoms with Crippen molar-refractivity contribution < 1.29 is 23.5 Å². The maximum atomic E-state index is 13.5. The summed E-state index contributed by atoms with van der Waals surface area (Å²) in [6.07, 6.45) is 1.49. The number of carbonyl (C=O) groups is 2. The van der Waals surface area contributed by atoms with E-state index >= 15 is 0 Å². The summed E-state index contributed by atoms with van der Waals surface area (Å²) in [5.74, 6) is -0.512. The zero-order valence-corrected chi connectivity index (χ0v) is 21.2. The van der Waals surface area contributed by atoms with E-state index in [1.807, 2.05) is 13.0 Å². The molecule has 2 amide bonds. The van der Waals surface area contributed by atoms with Gasteiger partial charge in [-0.3, -0.25) is 15.0 Å². The van der Waals surface area contributed by atoms with Crippen LogP contribution in [0, 0.1) is 5.82 Å². The third-order valence-corrected chi connectivity index (χ3v) is 7.08. The van der Waals surface area contributed by atoms with Crippen LogP contribution in [-0.4, -0.2) is 18.4 Å². The molecule has 0 aromatic heterocycles. The van der Waals surface area contributed by atoms with Gasteiger partial charge in [0.25, 0.3) is 11.8 Å². The van der Waals surface area contributed by atoms with Crippen molar-refractivity contribution in [2.24, 2.45) is 0 Å². The van der Waals surface area contributed by atoms with E-state index in [0.29, 0.717) is 43.9 Å². The van der Waals surface area contributed by atoms with E-state index in [0.717, 1.165) is 0 Å². The number of ether oxygens (including phenoxy) is 2. The van der Waals surface area contributed by atoms with Gasteiger partial charge in [0.1, 0.15) is 18.0 Å². The van der Waals surface area contributed by atoms with Crippen molar-refractivity contribution in [1.29, 1.82) is 0 Å². The molecule has 0 bridgehead atoms. The first kappa shape index (κ1) is 24.0. The first-order chi connectivity index (χ1) is 16.4. The Labute approximate surface area is 212 Å². The fourth-order valence-electron chi connectivity index (χ4n) is 3.36. The molecule has 1 fully saturated rings. The molecule has 174 valence electrons. The van der Waals surface area contributed by atoms with Gasteiger partial charge in [0, 0.05) is 4.47 Å². The van der Waals surface area contributed by atoms with Gasteiger partial charge in [-0.15, -0.1) is 0 Å². The molecule has 1 saturated heterocycles. The van der Waals surface area contributed by atoms with Crippen molar-refractivity contribution in [3.63, 3.8) is 0 Å². The lowest BCUT2D eigenvalue weighted by Gasteiger charge is -2.17. The largest absolute Gasteiger partial charge is 0.490 e. The average Bonchev–Trinajstić information content (AvgIpc) is 3.11. The highest BCUT2D eigenvalue weighted by Gasteiger charge is 2.34. The molecule has 6 nitrogen and oxygen atoms in total. The second kappa shape index (κ2) is 10.4. The normalized spacial score (nSPS) is 14.5. The number of nitrogens with one attached hydrogen (secondary N) is 1. The number of para-hydroxylation sites is 1. The predicted molar refractivity (Wildman–Crippen MR) is 134 cm³/mol. The fourth-order valence-corrected chi connectivity index (χ4v) is 4.31. The SMILES string of the molecule is CCOc1cc(/C=C2/C(=O)NN(c3ccccc3)C2=O)c(Br)c(Br)c1OCc1cccc(F)c1. The summed E-state index contributed by atoms with van der Waals surface area (Å²) in [5.41, 5.74) is 4.32. The van der Waals surface area contributed by atoms with Gasteiger partial charge in [-0.05, 0) is 86.3 Å². The quantitative estimate of drug-likeness (QED) is 0.280. The fraction of sp³-hybridized carbons (Fsp3) is 0.120. The number of carbonyl (C=O) groups excluding carboxylic acids is 2. The van der Waals surface area contributed by atoms with Gasteiger partial charge in [0.05, 0.1) is 16.8 Å². The maximum Gasteiger partial charge on any atom is 0.282 e. The van der Waals surface area contributed by atoms with Gasteiger partial charge < -0.3 is 9.47 Å². The van der Waals surface area contributed by atoms with Gasteiger partial charge in [-0.2, -0.15) is 0 Å². The van der Waals surface area contributed by atoms with Crippen LogP contribution in [0.1, 0.15) is 18.1 Å². The van der Waals surface area contributed by atoms with Crippen molar-refractivity contribution in [2.45, 2.75) is 13.5 Å². The Morgan fingerprint density at radius 3 is 2.47 bits per heavy atom. The Morgan fingerprint density at radius 2 is 1.76 bits per heavy atom. The van der Waals surface area contributed by atoms with Gasteiger partial charge >= 0.3 is 0 Å². The van der Waals surface area contributed by atoms with Crippen LogP contribution < -0.4 is 19.9 Å². The number of hydrazine groups is 1. The molecule has 0 radical (unpaired) electrons. The van der Waals surface area contributed by atoms with Crippen LogP contribution in [-0.2, 0) is 16.2 Å². The van der Waals surface area contributed by atoms with E-state index in [4.69, 9.17) is 9.47 Å². The number of hydrogen-bond donors (Lipinski definition) is 1. The summed E-state index contributed by atoms with van der Waals surface area (Å²) in [5, 5.41) is 1.21. The summed E-state index contributed by atoms with van der Waals surface area (Å²) < 4.78 is 26.3. The van der Waals surface area contributed by atoms with E-state index in [2.05, 4.69) is 37.3 Å². The molecule has 3 aromatic rings. The van der Waals surface area contributed by atoms with Gasteiger partial charge in [-0.1, -0.05) is 30.3 Å². The van der Waals surface area contributed by atoms with Crippen molar-refractivity contribution in [1.82, 2.24) is 5.43 Å². The second-order valence-corrected chi connectivity index (χ2v) is 8.83. The molecule has 0 atom stereocenters. The van der Waals surface area contributed by atoms with Crippen molar-refractivity contribution in [2.75, 3.05) is 11.6 Å². The lowest BCUT2D eigenvalue weighted by molar-refractivity contribution is -0.117. The first-order valence-corrected chi connectivity index (χ1v) is 11.9. The van der Waals surface area contributed by atoms with E-state index in [-0.39, 0.29) is 18.0 Å². The van der Waals surface area contributed by atoms with E-state index < -0.39 is 11.8 Å². The molecule has 1 aliphatic heterocycles. The van der Waals surface area contributed by atoms with E-state index in [1.54, 1.807) is 42.5 Å². The van der Waals surface area contributed by atoms with Crippen LogP contribution in [0.25, 0.3) is 6.08 Å². The molecule has 9 heteroatoms. The summed E-state index contributed by atoms with van der Waals surface area (Å²) >= 11 is 7.03. The molecular formula is C25H19Br2FN2O4. The highest BCUT2D eigenvalue weighted by atomic mass is 79.9. The van der Waals surface area contributed by atoms with Crippen LogP contribution in [0.4, 0.5) is 10.1 Å². The van der Waals surface area contributed by atoms with Crippen molar-refractivity contribution in [3.05, 3.63) is 92.1 Å². The first-order valence-electron chi connectivity index (χ1n) is 10.3. The van der Waals surface area contributed by atoms with Gasteiger partial charge in [-0.25, -0.2) is 9.40 Å². The number of nitrogens with zero attached hydrogens (tertiary/aromatic N) is 1. The Bertz CT molecular complexity index is 1280. The Kier molecular flexibility index (Phi) is 7.33. The van der Waals surface area contributed by atoms with Gasteiger partial charge in [0.2, 0.25) is 0 Å². The zero-order chi connectivity index (χ0) is 24.2. The number of benzene rings is 3. The number of amides is 2. The maximum absolute atomic E-state index is 13.5. The zero-order valence-electron chi connectivity index (χ0n) is 18.0. The average molecular weight is 590 g/mol. The summed E-state index contributed by atoms with van der Waals surface area (Å²) in [6.45, 7) is 2.31. The summed E-state index contributed by atoms with van der Waals surface area (Å²) in [7, 11) is 0. The Hall–Kier alpha value is -3.17. The topological polar surface area (TPSA) is 67.9 Å². The lowest BCUT2D eigenvalue weighted by atomic mass is 10.1. The lowest BCUT2D eigenvalue weighted by Crippen LogP contribution is -2.35. The third kappa shape index (κ3) is 5.00. The molecular weight excluding hydrogens is 571 g/mol. The highest BCUT2D eigenvalue weighted by molar-refractivity contribution is 9.13. The second-order valence-electron chi connectivity index (χ2n) is 7.25. The number of halogens is 3. The third-order valence-electron chi connectivity index (χ3n) is 4.93. The molecule has 0 saturated carbocycles. The van der Waals surface area contributed by atoms with Crippen LogP contribution >= 0.6 is 31.9 Å². The number of rotatable bonds is 7. The van der Waals surface area contributed by atoms with Gasteiger partial charge in [0.15, 0.2) is 11.5 Å². The Morgan fingerprint density at radius 1 is 1.00 bits per heavy atom. The molecule has 1 aliphatic rings. The minimum absolute atomic E-state index is 0.0210. The molecule has 4 rings (SSSR count). The highest BCUT2D eigenvalue weighted by Crippen LogP contribution is 2.44. The smallest absolute Gasteiger partial charge is 0.282 e. The van der Waals surface area contributed by atoms with Crippen molar-refractivity contribution in [3.8, 4) is 11.5 Å². The Balaban J connectivity index is 1.67. The van der Waals surface area contributed by atoms with Crippen molar-refractivity contribution >= 4 is 55.4 Å². The van der Waals surface area contributed by atoms with Crippen LogP contribution in [0.3, 0.4) is 0 Å². The monoisotopic (exact) mass is 588 g/mol. The van der Waals surface area contributed by atoms with Crippen LogP contribution in [0.15, 0.2) is 75.2 Å². The number of anilines is 1. The standard InChI is InChI=1S/C25H19Br2FN2O4/c1-2-33-20-13-16(12-19-24(31)29-30(25(19)32)18-9-4-3-5-10-18)21(26)22(27)23(20)34-14-15-7-6-8-17(28)11-15/h3-13H,2,14H2,1H3,(H,29,31)/b19-12-. The minimum atomic E-state index is -0.513. The molecule has 0 spiro atoms. The summed E-state index contributed by atoms with van der Waals surface area (Å²) in [6, 6.07) is 16.6. The molecule has 1 N–H and O–H groups in total. The summed E-state index contributed by atoms with van der Waals surface area (Å²) in [4.78, 5) is 25.5. The molecule has 3 aromatic carbocycles. The molecule has 1 heterocycles. The number of hydrogen-bond acceptors (Lipinski definition) is 4. The molecule has 0 unspecified atom stereocenters. The van der Waals surface area contributed by atoms with Crippen LogP contribution in [0.2, 0.25) is 0 Å². The van der Waals surface area contributed by atoms with E-state index in [9.17, 15) is 14.0 Å². The minimum Gasteiger partial charge on any atom is -0.490 e. The predicted octanol–water partition coefficient (Wildman–Crippen LogP) is 5.79.